The first-order valence-electron chi connectivity index (χ1n) is 11.9. The summed E-state index contributed by atoms with van der Waals surface area (Å²) in [5.74, 6) is -0.172. The lowest BCUT2D eigenvalue weighted by atomic mass is 9.80. The van der Waals surface area contributed by atoms with Crippen molar-refractivity contribution in [2.45, 2.75) is 30.6 Å². The van der Waals surface area contributed by atoms with Crippen LogP contribution < -0.4 is 11.2 Å². The Balaban J connectivity index is 1.50. The quantitative estimate of drug-likeness (QED) is 0.404. The molecule has 3 atom stereocenters. The second-order valence-electron chi connectivity index (χ2n) is 9.06. The van der Waals surface area contributed by atoms with Gasteiger partial charge in [0.1, 0.15) is 5.60 Å². The number of rotatable bonds is 7. The van der Waals surface area contributed by atoms with Gasteiger partial charge in [-0.15, -0.1) is 0 Å². The molecule has 0 amide bonds. The van der Waals surface area contributed by atoms with Gasteiger partial charge in [-0.2, -0.15) is 0 Å². The van der Waals surface area contributed by atoms with Gasteiger partial charge in [0.05, 0.1) is 12.7 Å². The fourth-order valence-electron chi connectivity index (χ4n) is 5.20. The lowest BCUT2D eigenvalue weighted by Gasteiger charge is -2.37. The van der Waals surface area contributed by atoms with Crippen molar-refractivity contribution in [1.29, 1.82) is 0 Å². The van der Waals surface area contributed by atoms with Crippen LogP contribution >= 0.6 is 0 Å². The van der Waals surface area contributed by atoms with Crippen LogP contribution in [0.5, 0.6) is 0 Å². The summed E-state index contributed by atoms with van der Waals surface area (Å²) in [4.78, 5) is 26.1. The third-order valence-electron chi connectivity index (χ3n) is 6.93. The van der Waals surface area contributed by atoms with Gasteiger partial charge in [-0.3, -0.25) is 14.3 Å². The maximum Gasteiger partial charge on any atom is 0.328 e. The van der Waals surface area contributed by atoms with Gasteiger partial charge in [-0.1, -0.05) is 91.0 Å². The number of nitrogens with zero attached hydrogens (tertiary/aromatic N) is 1. The van der Waals surface area contributed by atoms with Crippen molar-refractivity contribution in [2.24, 2.45) is 5.92 Å². The summed E-state index contributed by atoms with van der Waals surface area (Å²) in [5.41, 5.74) is 1.25. The summed E-state index contributed by atoms with van der Waals surface area (Å²) in [6, 6.07) is 31.5. The highest BCUT2D eigenvalue weighted by Gasteiger charge is 2.41. The Kier molecular flexibility index (Phi) is 6.49. The molecule has 0 radical (unpaired) electrons. The fourth-order valence-corrected chi connectivity index (χ4v) is 5.20. The van der Waals surface area contributed by atoms with E-state index < -0.39 is 23.0 Å². The van der Waals surface area contributed by atoms with Gasteiger partial charge in [-0.25, -0.2) is 4.79 Å². The van der Waals surface area contributed by atoms with Crippen LogP contribution in [0.3, 0.4) is 0 Å². The predicted molar refractivity (Wildman–Crippen MR) is 134 cm³/mol. The highest BCUT2D eigenvalue weighted by molar-refractivity contribution is 5.47. The molecule has 2 N–H and O–H groups in total. The third-order valence-corrected chi connectivity index (χ3v) is 6.93. The van der Waals surface area contributed by atoms with Crippen LogP contribution in [0.25, 0.3) is 0 Å². The Morgan fingerprint density at radius 3 is 1.80 bits per heavy atom. The number of aromatic amines is 1. The van der Waals surface area contributed by atoms with E-state index in [-0.39, 0.29) is 12.0 Å². The number of ether oxygens (including phenoxy) is 1. The maximum absolute atomic E-state index is 12.3. The van der Waals surface area contributed by atoms with Crippen LogP contribution in [0.1, 0.15) is 35.6 Å². The number of H-pyrrole nitrogens is 1. The number of aromatic nitrogens is 2. The second-order valence-corrected chi connectivity index (χ2v) is 9.06. The van der Waals surface area contributed by atoms with Crippen LogP contribution in [-0.2, 0) is 10.3 Å². The van der Waals surface area contributed by atoms with Gasteiger partial charge >= 0.3 is 5.69 Å². The molecule has 1 aliphatic carbocycles. The zero-order chi connectivity index (χ0) is 24.3. The van der Waals surface area contributed by atoms with Crippen molar-refractivity contribution in [3.63, 3.8) is 0 Å². The summed E-state index contributed by atoms with van der Waals surface area (Å²) in [6.07, 6.45) is 1.87. The van der Waals surface area contributed by atoms with Crippen LogP contribution in [0.4, 0.5) is 0 Å². The smallest absolute Gasteiger partial charge is 0.328 e. The minimum atomic E-state index is -0.865. The van der Waals surface area contributed by atoms with Gasteiger partial charge < -0.3 is 9.84 Å². The number of hydrogen-bond acceptors (Lipinski definition) is 4. The van der Waals surface area contributed by atoms with E-state index in [0.29, 0.717) is 19.4 Å². The topological polar surface area (TPSA) is 84.3 Å². The lowest BCUT2D eigenvalue weighted by Crippen LogP contribution is -2.35. The third kappa shape index (κ3) is 4.50. The average Bonchev–Trinajstić information content (AvgIpc) is 3.26. The first-order chi connectivity index (χ1) is 17.1. The number of aliphatic hydroxyl groups is 1. The molecule has 178 valence electrons. The molecule has 35 heavy (non-hydrogen) atoms. The summed E-state index contributed by atoms with van der Waals surface area (Å²) in [7, 11) is 0. The predicted octanol–water partition coefficient (Wildman–Crippen LogP) is 3.86. The number of benzene rings is 3. The molecule has 0 spiro atoms. The molecule has 1 saturated carbocycles. The molecule has 0 aliphatic heterocycles. The standard InChI is InChI=1S/C29H28N2O4/c32-26-19-25(31-17-16-27(33)30-28(31)34)18-21(26)20-35-29(22-10-4-1-5-11-22,23-12-6-2-7-13-23)24-14-8-3-9-15-24/h1-17,21,25-26,32H,18-20H2,(H,30,33,34). The van der Waals surface area contributed by atoms with Crippen molar-refractivity contribution in [3.8, 4) is 0 Å². The molecule has 0 bridgehead atoms. The van der Waals surface area contributed by atoms with E-state index in [0.717, 1.165) is 16.7 Å². The van der Waals surface area contributed by atoms with Gasteiger partial charge in [0, 0.05) is 24.2 Å². The van der Waals surface area contributed by atoms with Gasteiger partial charge in [-0.05, 0) is 29.5 Å². The average molecular weight is 469 g/mol. The first-order valence-corrected chi connectivity index (χ1v) is 11.9. The highest BCUT2D eigenvalue weighted by Crippen LogP contribution is 2.42. The summed E-state index contributed by atoms with van der Waals surface area (Å²) in [5, 5.41) is 10.9. The molecule has 5 rings (SSSR count). The van der Waals surface area contributed by atoms with E-state index >= 15 is 0 Å². The van der Waals surface area contributed by atoms with E-state index in [1.807, 2.05) is 54.6 Å². The second kappa shape index (κ2) is 9.86. The van der Waals surface area contributed by atoms with Crippen molar-refractivity contribution < 1.29 is 9.84 Å². The molecule has 0 saturated heterocycles. The first kappa shape index (κ1) is 23.0. The summed E-state index contributed by atoms with van der Waals surface area (Å²) in [6.45, 7) is 0.300. The Labute approximate surface area is 203 Å². The normalized spacial score (nSPS) is 20.1. The van der Waals surface area contributed by atoms with Crippen molar-refractivity contribution in [3.05, 3.63) is 141 Å². The maximum atomic E-state index is 12.3. The number of nitrogens with one attached hydrogen (secondary N) is 1. The zero-order valence-electron chi connectivity index (χ0n) is 19.3. The molecule has 1 aliphatic rings. The van der Waals surface area contributed by atoms with Crippen molar-refractivity contribution >= 4 is 0 Å². The highest BCUT2D eigenvalue weighted by atomic mass is 16.5. The van der Waals surface area contributed by atoms with Crippen molar-refractivity contribution in [2.75, 3.05) is 6.61 Å². The van der Waals surface area contributed by atoms with E-state index in [4.69, 9.17) is 4.74 Å². The molecular formula is C29H28N2O4. The molecule has 6 heteroatoms. The Morgan fingerprint density at radius 2 is 1.31 bits per heavy atom. The van der Waals surface area contributed by atoms with E-state index in [9.17, 15) is 14.7 Å². The van der Waals surface area contributed by atoms with E-state index in [1.165, 1.54) is 16.8 Å². The monoisotopic (exact) mass is 468 g/mol. The van der Waals surface area contributed by atoms with Gasteiger partial charge in [0.25, 0.3) is 5.56 Å². The Hall–Kier alpha value is -3.74. The summed E-state index contributed by atoms with van der Waals surface area (Å²) < 4.78 is 8.37. The molecule has 4 aromatic rings. The van der Waals surface area contributed by atoms with Crippen LogP contribution in [0, 0.1) is 5.92 Å². The zero-order valence-corrected chi connectivity index (χ0v) is 19.3. The van der Waals surface area contributed by atoms with Gasteiger partial charge in [0.2, 0.25) is 0 Å². The van der Waals surface area contributed by atoms with E-state index in [1.54, 1.807) is 0 Å². The fraction of sp³-hybridized carbons (Fsp3) is 0.241. The van der Waals surface area contributed by atoms with Crippen LogP contribution in [0.15, 0.2) is 113 Å². The number of hydrogen-bond donors (Lipinski definition) is 2. The molecule has 3 aromatic carbocycles. The molecule has 1 heterocycles. The van der Waals surface area contributed by atoms with Crippen LogP contribution in [0.2, 0.25) is 0 Å². The molecule has 1 aromatic heterocycles. The molecule has 6 nitrogen and oxygen atoms in total. The Morgan fingerprint density at radius 1 is 0.800 bits per heavy atom. The number of aliphatic hydroxyl groups excluding tert-OH is 1. The Bertz CT molecular complexity index is 1270. The minimum absolute atomic E-state index is 0.172. The lowest BCUT2D eigenvalue weighted by molar-refractivity contribution is -0.0296. The molecular weight excluding hydrogens is 440 g/mol. The van der Waals surface area contributed by atoms with E-state index in [2.05, 4.69) is 41.4 Å². The molecule has 3 unspecified atom stereocenters. The minimum Gasteiger partial charge on any atom is -0.393 e. The molecule has 1 fully saturated rings. The largest absolute Gasteiger partial charge is 0.393 e. The summed E-state index contributed by atoms with van der Waals surface area (Å²) >= 11 is 0. The van der Waals surface area contributed by atoms with Crippen LogP contribution in [-0.4, -0.2) is 27.4 Å². The van der Waals surface area contributed by atoms with Crippen molar-refractivity contribution in [1.82, 2.24) is 9.55 Å². The SMILES string of the molecule is O=c1ccn(C2CC(O)C(COC(c3ccccc3)(c3ccccc3)c3ccccc3)C2)c(=O)[nH]1. The van der Waals surface area contributed by atoms with Gasteiger partial charge in [0.15, 0.2) is 0 Å².